The van der Waals surface area contributed by atoms with Crippen molar-refractivity contribution in [3.63, 3.8) is 0 Å². The highest BCUT2D eigenvalue weighted by Crippen LogP contribution is 2.23. The lowest BCUT2D eigenvalue weighted by atomic mass is 10.1. The zero-order chi connectivity index (χ0) is 11.1. The molecule has 0 aliphatic heterocycles. The Balaban J connectivity index is 0.000000791. The molecule has 0 aromatic carbocycles. The smallest absolute Gasteiger partial charge is 0.142 e. The Morgan fingerprint density at radius 3 is 2.21 bits per heavy atom. The first-order valence-electron chi connectivity index (χ1n) is 4.58. The van der Waals surface area contributed by atoms with Gasteiger partial charge >= 0.3 is 0 Å². The van der Waals surface area contributed by atoms with Crippen molar-refractivity contribution in [3.8, 4) is 5.75 Å². The second-order valence-electron chi connectivity index (χ2n) is 2.51. The highest BCUT2D eigenvalue weighted by atomic mass is 16.3. The molecular weight excluding hydrogens is 182 g/mol. The quantitative estimate of drug-likeness (QED) is 0.667. The Morgan fingerprint density at radius 2 is 1.79 bits per heavy atom. The summed E-state index contributed by atoms with van der Waals surface area (Å²) in [6, 6.07) is 0. The Kier molecular flexibility index (Phi) is 5.83. The summed E-state index contributed by atoms with van der Waals surface area (Å²) in [4.78, 5) is 3.84. The third-order valence-corrected chi connectivity index (χ3v) is 1.76. The second-order valence-corrected chi connectivity index (χ2v) is 2.51. The van der Waals surface area contributed by atoms with Crippen molar-refractivity contribution in [1.82, 2.24) is 4.98 Å². The molecule has 4 heteroatoms. The lowest BCUT2D eigenvalue weighted by Gasteiger charge is -2.07. The fourth-order valence-electron chi connectivity index (χ4n) is 0.997. The Labute approximate surface area is 83.9 Å². The van der Waals surface area contributed by atoms with E-state index in [0.29, 0.717) is 16.8 Å². The minimum absolute atomic E-state index is 0.0379. The van der Waals surface area contributed by atoms with Gasteiger partial charge in [0.25, 0.3) is 0 Å². The Hall–Kier alpha value is -1.13. The van der Waals surface area contributed by atoms with Crippen LogP contribution in [0.4, 0.5) is 0 Å². The van der Waals surface area contributed by atoms with Gasteiger partial charge in [0, 0.05) is 17.3 Å². The summed E-state index contributed by atoms with van der Waals surface area (Å²) in [5.74, 6) is -0.0379. The van der Waals surface area contributed by atoms with Gasteiger partial charge in [-0.05, 0) is 6.92 Å². The fraction of sp³-hybridized carbons (Fsp3) is 0.500. The lowest BCUT2D eigenvalue weighted by Crippen LogP contribution is -1.98. The number of aromatic hydroxyl groups is 1. The molecule has 0 saturated carbocycles. The van der Waals surface area contributed by atoms with Crippen LogP contribution in [0.3, 0.4) is 0 Å². The normalized spacial score (nSPS) is 9.21. The maximum absolute atomic E-state index is 9.38. The van der Waals surface area contributed by atoms with Crippen LogP contribution in [0.25, 0.3) is 0 Å². The van der Waals surface area contributed by atoms with Crippen LogP contribution in [0.2, 0.25) is 0 Å². The molecule has 0 atom stereocenters. The van der Waals surface area contributed by atoms with E-state index < -0.39 is 0 Å². The number of nitrogens with zero attached hydrogens (tertiary/aromatic N) is 1. The van der Waals surface area contributed by atoms with Gasteiger partial charge in [-0.1, -0.05) is 13.8 Å². The largest absolute Gasteiger partial charge is 0.506 e. The number of aryl methyl sites for hydroxylation is 1. The molecule has 3 N–H and O–H groups in total. The summed E-state index contributed by atoms with van der Waals surface area (Å²) in [5, 5.41) is 27.0. The van der Waals surface area contributed by atoms with Gasteiger partial charge in [-0.25, -0.2) is 0 Å². The van der Waals surface area contributed by atoms with Crippen LogP contribution in [0, 0.1) is 6.92 Å². The number of hydrogen-bond acceptors (Lipinski definition) is 4. The van der Waals surface area contributed by atoms with Crippen LogP contribution in [0.5, 0.6) is 5.75 Å². The Morgan fingerprint density at radius 1 is 1.21 bits per heavy atom. The summed E-state index contributed by atoms with van der Waals surface area (Å²) in [6.45, 7) is 5.12. The van der Waals surface area contributed by atoms with Crippen LogP contribution in [-0.4, -0.2) is 20.3 Å². The molecular formula is C10H17NO3. The number of hydrogen-bond donors (Lipinski definition) is 3. The van der Waals surface area contributed by atoms with Crippen LogP contribution in [-0.2, 0) is 13.2 Å². The molecule has 0 radical (unpaired) electrons. The SMILES string of the molecule is CC.Cc1ncc(CO)c(CO)c1O. The van der Waals surface area contributed by atoms with E-state index in [9.17, 15) is 5.11 Å². The zero-order valence-corrected chi connectivity index (χ0v) is 8.78. The van der Waals surface area contributed by atoms with Crippen molar-refractivity contribution in [2.75, 3.05) is 0 Å². The molecule has 1 aromatic rings. The van der Waals surface area contributed by atoms with E-state index in [2.05, 4.69) is 4.98 Å². The molecule has 0 fully saturated rings. The van der Waals surface area contributed by atoms with Crippen molar-refractivity contribution in [3.05, 3.63) is 23.0 Å². The fourth-order valence-corrected chi connectivity index (χ4v) is 0.997. The zero-order valence-electron chi connectivity index (χ0n) is 8.78. The molecule has 1 rings (SSSR count). The van der Waals surface area contributed by atoms with Gasteiger partial charge in [-0.3, -0.25) is 4.98 Å². The molecule has 4 nitrogen and oxygen atoms in total. The molecule has 14 heavy (non-hydrogen) atoms. The molecule has 80 valence electrons. The first-order valence-corrected chi connectivity index (χ1v) is 4.58. The monoisotopic (exact) mass is 199 g/mol. The van der Waals surface area contributed by atoms with E-state index in [0.717, 1.165) is 0 Å². The minimum Gasteiger partial charge on any atom is -0.506 e. The average molecular weight is 199 g/mol. The average Bonchev–Trinajstić information content (AvgIpc) is 2.24. The molecule has 0 unspecified atom stereocenters. The highest BCUT2D eigenvalue weighted by molar-refractivity contribution is 5.39. The van der Waals surface area contributed by atoms with E-state index in [1.54, 1.807) is 6.92 Å². The number of aliphatic hydroxyl groups excluding tert-OH is 2. The number of pyridine rings is 1. The lowest BCUT2D eigenvalue weighted by molar-refractivity contribution is 0.254. The van der Waals surface area contributed by atoms with Crippen molar-refractivity contribution in [1.29, 1.82) is 0 Å². The molecule has 0 saturated heterocycles. The van der Waals surface area contributed by atoms with Crippen molar-refractivity contribution in [2.45, 2.75) is 34.0 Å². The maximum atomic E-state index is 9.38. The van der Waals surface area contributed by atoms with Crippen LogP contribution < -0.4 is 0 Å². The first-order chi connectivity index (χ1) is 6.70. The number of rotatable bonds is 2. The van der Waals surface area contributed by atoms with Gasteiger partial charge in [-0.2, -0.15) is 0 Å². The van der Waals surface area contributed by atoms with Gasteiger partial charge in [0.2, 0.25) is 0 Å². The summed E-state index contributed by atoms with van der Waals surface area (Å²) in [5.41, 5.74) is 1.27. The molecule has 0 aliphatic rings. The molecule has 0 amide bonds. The summed E-state index contributed by atoms with van der Waals surface area (Å²) >= 11 is 0. The van der Waals surface area contributed by atoms with Crippen LogP contribution in [0.15, 0.2) is 6.20 Å². The van der Waals surface area contributed by atoms with Gasteiger partial charge in [0.15, 0.2) is 0 Å². The number of aliphatic hydroxyl groups is 2. The topological polar surface area (TPSA) is 73.6 Å². The molecule has 1 heterocycles. The van der Waals surface area contributed by atoms with E-state index in [1.165, 1.54) is 6.20 Å². The predicted octanol–water partition coefficient (Wildman–Crippen LogP) is 1.11. The molecule has 0 aliphatic carbocycles. The minimum atomic E-state index is -0.287. The molecule has 0 bridgehead atoms. The van der Waals surface area contributed by atoms with Gasteiger partial charge in [0.1, 0.15) is 5.75 Å². The standard InChI is InChI=1S/C8H11NO3.C2H6/c1-5-8(12)7(4-11)6(3-10)2-9-5;1-2/h2,10-12H,3-4H2,1H3;1-2H3. The highest BCUT2D eigenvalue weighted by Gasteiger charge is 2.09. The van der Waals surface area contributed by atoms with Crippen molar-refractivity contribution in [2.24, 2.45) is 0 Å². The Bertz CT molecular complexity index is 287. The summed E-state index contributed by atoms with van der Waals surface area (Å²) in [7, 11) is 0. The third-order valence-electron chi connectivity index (χ3n) is 1.76. The third kappa shape index (κ3) is 2.68. The van der Waals surface area contributed by atoms with Crippen molar-refractivity contribution >= 4 is 0 Å². The number of aromatic nitrogens is 1. The molecule has 1 aromatic heterocycles. The van der Waals surface area contributed by atoms with E-state index in [-0.39, 0.29) is 19.0 Å². The van der Waals surface area contributed by atoms with Gasteiger partial charge < -0.3 is 15.3 Å². The summed E-state index contributed by atoms with van der Waals surface area (Å²) in [6.07, 6.45) is 1.45. The van der Waals surface area contributed by atoms with E-state index in [1.807, 2.05) is 13.8 Å². The van der Waals surface area contributed by atoms with E-state index in [4.69, 9.17) is 10.2 Å². The first kappa shape index (κ1) is 12.9. The molecule has 0 spiro atoms. The van der Waals surface area contributed by atoms with Gasteiger partial charge in [0.05, 0.1) is 18.9 Å². The maximum Gasteiger partial charge on any atom is 0.142 e. The van der Waals surface area contributed by atoms with Crippen molar-refractivity contribution < 1.29 is 15.3 Å². The second kappa shape index (κ2) is 6.34. The summed E-state index contributed by atoms with van der Waals surface area (Å²) < 4.78 is 0. The van der Waals surface area contributed by atoms with Crippen LogP contribution in [0.1, 0.15) is 30.7 Å². The predicted molar refractivity (Wildman–Crippen MR) is 53.8 cm³/mol. The van der Waals surface area contributed by atoms with Crippen LogP contribution >= 0.6 is 0 Å². The van der Waals surface area contributed by atoms with E-state index >= 15 is 0 Å². The van der Waals surface area contributed by atoms with Gasteiger partial charge in [-0.15, -0.1) is 0 Å².